The number of tetrazole rings is 1. The Morgan fingerprint density at radius 1 is 1.50 bits per heavy atom. The van der Waals surface area contributed by atoms with Gasteiger partial charge in [0.1, 0.15) is 0 Å². The molecule has 0 saturated heterocycles. The molecule has 1 aromatic heterocycles. The summed E-state index contributed by atoms with van der Waals surface area (Å²) in [6.07, 6.45) is 0. The summed E-state index contributed by atoms with van der Waals surface area (Å²) < 4.78 is 0. The maximum absolute atomic E-state index is 11.8. The molecule has 1 aromatic rings. The lowest BCUT2D eigenvalue weighted by atomic mass is 9.87. The van der Waals surface area contributed by atoms with E-state index in [1.54, 1.807) is 6.92 Å². The molecule has 7 nitrogen and oxygen atoms in total. The van der Waals surface area contributed by atoms with Crippen LogP contribution < -0.4 is 11.1 Å². The molecule has 0 radical (unpaired) electrons. The molecule has 4 N–H and O–H groups in total. The molecule has 2 atom stereocenters. The third kappa shape index (κ3) is 2.99. The van der Waals surface area contributed by atoms with Crippen molar-refractivity contribution in [1.82, 2.24) is 25.9 Å². The molecule has 0 bridgehead atoms. The quantitative estimate of drug-likeness (QED) is 0.658. The fraction of sp³-hybridized carbons (Fsp3) is 0.778. The van der Waals surface area contributed by atoms with E-state index in [9.17, 15) is 4.79 Å². The third-order valence-corrected chi connectivity index (χ3v) is 2.32. The fourth-order valence-corrected chi connectivity index (χ4v) is 1.11. The zero-order chi connectivity index (χ0) is 12.3. The number of carbonyl (C=O) groups excluding carboxylic acids is 1. The smallest absolute Gasteiger partial charge is 0.238 e. The Morgan fingerprint density at radius 2 is 2.12 bits per heavy atom. The molecule has 7 heteroatoms. The number of H-pyrrole nitrogens is 1. The average Bonchev–Trinajstić information content (AvgIpc) is 2.67. The van der Waals surface area contributed by atoms with Gasteiger partial charge in [0.2, 0.25) is 5.91 Å². The van der Waals surface area contributed by atoms with Gasteiger partial charge in [0, 0.05) is 0 Å². The van der Waals surface area contributed by atoms with E-state index in [0.29, 0.717) is 5.82 Å². The molecule has 1 rings (SSSR count). The van der Waals surface area contributed by atoms with Crippen molar-refractivity contribution in [3.05, 3.63) is 5.82 Å². The Kier molecular flexibility index (Phi) is 3.58. The molecule has 0 fully saturated rings. The van der Waals surface area contributed by atoms with Crippen LogP contribution in [-0.2, 0) is 4.79 Å². The molecule has 0 aliphatic rings. The van der Waals surface area contributed by atoms with Crippen LogP contribution in [0.3, 0.4) is 0 Å². The number of carbonyl (C=O) groups is 1. The highest BCUT2D eigenvalue weighted by Gasteiger charge is 2.28. The molecule has 16 heavy (non-hydrogen) atoms. The van der Waals surface area contributed by atoms with Crippen molar-refractivity contribution in [3.63, 3.8) is 0 Å². The number of nitrogens with one attached hydrogen (secondary N) is 2. The van der Waals surface area contributed by atoms with Gasteiger partial charge in [-0.25, -0.2) is 0 Å². The van der Waals surface area contributed by atoms with Crippen molar-refractivity contribution in [1.29, 1.82) is 0 Å². The highest BCUT2D eigenvalue weighted by molar-refractivity contribution is 5.82. The van der Waals surface area contributed by atoms with Crippen LogP contribution in [-0.4, -0.2) is 32.6 Å². The standard InChI is InChI=1S/C9H18N6O/c1-5(7-12-14-15-13-7)11-8(16)6(10)9(2,3)4/h5-6H,10H2,1-4H3,(H,11,16)(H,12,13,14,15). The molecule has 0 aromatic carbocycles. The Morgan fingerprint density at radius 3 is 2.56 bits per heavy atom. The van der Waals surface area contributed by atoms with Crippen molar-refractivity contribution < 1.29 is 4.79 Å². The largest absolute Gasteiger partial charge is 0.345 e. The third-order valence-electron chi connectivity index (χ3n) is 2.32. The van der Waals surface area contributed by atoms with Crippen LogP contribution in [0.1, 0.15) is 39.6 Å². The Labute approximate surface area is 94.2 Å². The van der Waals surface area contributed by atoms with Gasteiger partial charge in [0.05, 0.1) is 12.1 Å². The minimum Gasteiger partial charge on any atom is -0.345 e. The van der Waals surface area contributed by atoms with E-state index in [0.717, 1.165) is 0 Å². The van der Waals surface area contributed by atoms with Gasteiger partial charge in [-0.1, -0.05) is 26.0 Å². The van der Waals surface area contributed by atoms with Crippen molar-refractivity contribution in [2.24, 2.45) is 11.1 Å². The summed E-state index contributed by atoms with van der Waals surface area (Å²) >= 11 is 0. The van der Waals surface area contributed by atoms with Gasteiger partial charge in [-0.3, -0.25) is 4.79 Å². The first kappa shape index (κ1) is 12.6. The summed E-state index contributed by atoms with van der Waals surface area (Å²) in [5, 5.41) is 16.1. The lowest BCUT2D eigenvalue weighted by molar-refractivity contribution is -0.125. The first-order valence-electron chi connectivity index (χ1n) is 5.11. The lowest BCUT2D eigenvalue weighted by Gasteiger charge is -2.26. The first-order chi connectivity index (χ1) is 7.32. The van der Waals surface area contributed by atoms with Crippen LogP contribution in [0.5, 0.6) is 0 Å². The van der Waals surface area contributed by atoms with Crippen LogP contribution in [0, 0.1) is 5.41 Å². The highest BCUT2D eigenvalue weighted by atomic mass is 16.2. The summed E-state index contributed by atoms with van der Waals surface area (Å²) in [4.78, 5) is 11.8. The number of aromatic amines is 1. The van der Waals surface area contributed by atoms with Gasteiger partial charge >= 0.3 is 0 Å². The topological polar surface area (TPSA) is 110 Å². The highest BCUT2D eigenvalue weighted by Crippen LogP contribution is 2.18. The fourth-order valence-electron chi connectivity index (χ4n) is 1.11. The van der Waals surface area contributed by atoms with Gasteiger partial charge in [-0.05, 0) is 12.3 Å². The maximum Gasteiger partial charge on any atom is 0.238 e. The first-order valence-corrected chi connectivity index (χ1v) is 5.11. The number of hydrogen-bond donors (Lipinski definition) is 3. The van der Waals surface area contributed by atoms with Crippen molar-refractivity contribution in [2.45, 2.75) is 39.8 Å². The summed E-state index contributed by atoms with van der Waals surface area (Å²) in [7, 11) is 0. The molecule has 0 saturated carbocycles. The Hall–Kier alpha value is -1.50. The summed E-state index contributed by atoms with van der Waals surface area (Å²) in [5.74, 6) is 0.222. The molecule has 2 unspecified atom stereocenters. The second-order valence-corrected chi connectivity index (χ2v) is 4.84. The predicted molar refractivity (Wildman–Crippen MR) is 58.2 cm³/mol. The summed E-state index contributed by atoms with van der Waals surface area (Å²) in [6, 6.07) is -0.874. The minimum atomic E-state index is -0.568. The Balaban J connectivity index is 2.59. The number of nitrogens with zero attached hydrogens (tertiary/aromatic N) is 3. The van der Waals surface area contributed by atoms with E-state index in [-0.39, 0.29) is 17.4 Å². The van der Waals surface area contributed by atoms with Crippen molar-refractivity contribution in [2.75, 3.05) is 0 Å². The van der Waals surface area contributed by atoms with E-state index in [1.165, 1.54) is 0 Å². The number of nitrogens with two attached hydrogens (primary N) is 1. The van der Waals surface area contributed by atoms with E-state index >= 15 is 0 Å². The van der Waals surface area contributed by atoms with Crippen LogP contribution in [0.4, 0.5) is 0 Å². The van der Waals surface area contributed by atoms with E-state index < -0.39 is 6.04 Å². The summed E-state index contributed by atoms with van der Waals surface area (Å²) in [5.41, 5.74) is 5.54. The minimum absolute atomic E-state index is 0.218. The van der Waals surface area contributed by atoms with Crippen LogP contribution in [0.25, 0.3) is 0 Å². The van der Waals surface area contributed by atoms with Crippen LogP contribution in [0.15, 0.2) is 0 Å². The van der Waals surface area contributed by atoms with Gasteiger partial charge in [-0.15, -0.1) is 10.2 Å². The average molecular weight is 226 g/mol. The van der Waals surface area contributed by atoms with Gasteiger partial charge < -0.3 is 11.1 Å². The molecule has 0 aliphatic heterocycles. The molecular formula is C9H18N6O. The van der Waals surface area contributed by atoms with E-state index in [2.05, 4.69) is 25.9 Å². The maximum atomic E-state index is 11.8. The second kappa shape index (κ2) is 4.56. The second-order valence-electron chi connectivity index (χ2n) is 4.84. The normalized spacial score (nSPS) is 15.6. The van der Waals surface area contributed by atoms with E-state index in [4.69, 9.17) is 5.73 Å². The number of aromatic nitrogens is 4. The zero-order valence-electron chi connectivity index (χ0n) is 9.98. The SMILES string of the molecule is CC(NC(=O)C(N)C(C)(C)C)c1nn[nH]n1. The predicted octanol–water partition coefficient (Wildman–Crippen LogP) is -0.250. The van der Waals surface area contributed by atoms with E-state index in [1.807, 2.05) is 20.8 Å². The lowest BCUT2D eigenvalue weighted by Crippen LogP contribution is -2.49. The molecule has 0 aliphatic carbocycles. The summed E-state index contributed by atoms with van der Waals surface area (Å²) in [6.45, 7) is 7.51. The number of hydrogen-bond acceptors (Lipinski definition) is 5. The van der Waals surface area contributed by atoms with Gasteiger partial charge in [0.25, 0.3) is 0 Å². The molecule has 0 spiro atoms. The van der Waals surface area contributed by atoms with Crippen LogP contribution in [0.2, 0.25) is 0 Å². The molecule has 1 amide bonds. The van der Waals surface area contributed by atoms with Crippen molar-refractivity contribution in [3.8, 4) is 0 Å². The molecular weight excluding hydrogens is 208 g/mol. The number of rotatable bonds is 3. The zero-order valence-corrected chi connectivity index (χ0v) is 9.98. The van der Waals surface area contributed by atoms with Gasteiger partial charge in [-0.2, -0.15) is 5.21 Å². The van der Waals surface area contributed by atoms with Gasteiger partial charge in [0.15, 0.2) is 5.82 Å². The van der Waals surface area contributed by atoms with Crippen LogP contribution >= 0.6 is 0 Å². The van der Waals surface area contributed by atoms with Crippen molar-refractivity contribution >= 4 is 5.91 Å². The number of amides is 1. The molecule has 1 heterocycles. The monoisotopic (exact) mass is 226 g/mol. The molecule has 90 valence electrons. The Bertz CT molecular complexity index is 341.